The number of fused-ring (bicyclic) bond motifs is 2. The summed E-state index contributed by atoms with van der Waals surface area (Å²) in [6, 6.07) is 11.9. The molecule has 0 spiro atoms. The van der Waals surface area contributed by atoms with Gasteiger partial charge in [-0.1, -0.05) is 18.2 Å². The molecule has 1 fully saturated rings. The van der Waals surface area contributed by atoms with Crippen LogP contribution >= 0.6 is 0 Å². The summed E-state index contributed by atoms with van der Waals surface area (Å²) in [4.78, 5) is 31.8. The van der Waals surface area contributed by atoms with Crippen molar-refractivity contribution in [2.24, 2.45) is 10.9 Å². The maximum atomic E-state index is 13.7. The number of carbonyl (C=O) groups is 2. The number of nitrogens with one attached hydrogen (secondary N) is 1. The van der Waals surface area contributed by atoms with Crippen LogP contribution in [0.4, 0.5) is 21.5 Å². The lowest BCUT2D eigenvalue weighted by molar-refractivity contribution is -0.122. The number of halogens is 1. The van der Waals surface area contributed by atoms with E-state index in [2.05, 4.69) is 10.3 Å². The van der Waals surface area contributed by atoms with Crippen LogP contribution < -0.4 is 10.2 Å². The van der Waals surface area contributed by atoms with Crippen molar-refractivity contribution in [3.8, 4) is 0 Å². The van der Waals surface area contributed by atoms with Crippen LogP contribution in [0.3, 0.4) is 0 Å². The number of benzene rings is 2. The number of anilines is 2. The third kappa shape index (κ3) is 3.35. The predicted molar refractivity (Wildman–Crippen MR) is 103 cm³/mol. The third-order valence-corrected chi connectivity index (χ3v) is 5.09. The van der Waals surface area contributed by atoms with Gasteiger partial charge in [-0.25, -0.2) is 4.39 Å². The van der Waals surface area contributed by atoms with Crippen molar-refractivity contribution in [3.63, 3.8) is 0 Å². The summed E-state index contributed by atoms with van der Waals surface area (Å²) in [5.74, 6) is -1.11. The molecule has 0 radical (unpaired) electrons. The fraction of sp³-hybridized carbons (Fsp3) is 0.286. The number of hydrogen-bond acceptors (Lipinski definition) is 3. The van der Waals surface area contributed by atoms with Gasteiger partial charge in [-0.3, -0.25) is 14.6 Å². The Kier molecular flexibility index (Phi) is 4.48. The summed E-state index contributed by atoms with van der Waals surface area (Å²) >= 11 is 0. The minimum Gasteiger partial charge on any atom is -0.324 e. The fourth-order valence-electron chi connectivity index (χ4n) is 3.65. The zero-order chi connectivity index (χ0) is 19.0. The number of aliphatic imine (C=N–C) groups is 1. The molecule has 0 aromatic heterocycles. The number of nitrogens with zero attached hydrogens (tertiary/aromatic N) is 2. The largest absolute Gasteiger partial charge is 0.324 e. The Hall–Kier alpha value is -3.02. The molecule has 1 N–H and O–H groups in total. The molecule has 1 aliphatic carbocycles. The highest BCUT2D eigenvalue weighted by atomic mass is 19.1. The molecule has 2 aromatic rings. The summed E-state index contributed by atoms with van der Waals surface area (Å²) in [7, 11) is 0. The second-order valence-corrected chi connectivity index (χ2v) is 6.97. The Balaban J connectivity index is 1.59. The van der Waals surface area contributed by atoms with Crippen molar-refractivity contribution in [3.05, 3.63) is 53.8 Å². The Morgan fingerprint density at radius 3 is 2.93 bits per heavy atom. The maximum absolute atomic E-state index is 13.7. The van der Waals surface area contributed by atoms with Gasteiger partial charge in [-0.2, -0.15) is 0 Å². The van der Waals surface area contributed by atoms with Gasteiger partial charge >= 0.3 is 0 Å². The average molecular weight is 365 g/mol. The van der Waals surface area contributed by atoms with Crippen LogP contribution in [-0.2, 0) is 9.59 Å². The molecule has 2 aliphatic rings. The van der Waals surface area contributed by atoms with Gasteiger partial charge in [0, 0.05) is 11.4 Å². The molecule has 1 aliphatic heterocycles. The fourth-order valence-corrected chi connectivity index (χ4v) is 3.65. The number of para-hydroxylation sites is 2. The second-order valence-electron chi connectivity index (χ2n) is 6.97. The molecule has 0 unspecified atom stereocenters. The summed E-state index contributed by atoms with van der Waals surface area (Å²) in [6.07, 6.45) is 2.50. The van der Waals surface area contributed by atoms with Crippen molar-refractivity contribution in [2.75, 3.05) is 16.8 Å². The molecule has 6 heteroatoms. The van der Waals surface area contributed by atoms with Gasteiger partial charge in [-0.05, 0) is 56.0 Å². The first-order chi connectivity index (χ1) is 13.0. The van der Waals surface area contributed by atoms with E-state index in [1.165, 1.54) is 11.0 Å². The van der Waals surface area contributed by atoms with Crippen molar-refractivity contribution < 1.29 is 14.0 Å². The number of carbonyl (C=O) groups excluding carboxylic acids is 2. The summed E-state index contributed by atoms with van der Waals surface area (Å²) in [5.41, 5.74) is 3.12. The van der Waals surface area contributed by atoms with Gasteiger partial charge in [-0.15, -0.1) is 0 Å². The molecule has 1 atom stereocenters. The number of aryl methyl sites for hydroxylation is 1. The Labute approximate surface area is 156 Å². The van der Waals surface area contributed by atoms with Gasteiger partial charge < -0.3 is 10.2 Å². The highest BCUT2D eigenvalue weighted by Gasteiger charge is 2.37. The molecule has 27 heavy (non-hydrogen) atoms. The predicted octanol–water partition coefficient (Wildman–Crippen LogP) is 3.99. The standard InChI is InChI=1S/C21H20FN3O2/c1-13-9-10-14(11-16(13)22)23-20(26)12-25-19-8-3-2-6-18(19)24-17-7-4-5-15(17)21(25)27/h2-3,6,8-11,15H,4-5,7,12H2,1H3,(H,23,26)/t15-/m0/s1. The topological polar surface area (TPSA) is 61.8 Å². The van der Waals surface area contributed by atoms with Gasteiger partial charge in [0.1, 0.15) is 12.4 Å². The van der Waals surface area contributed by atoms with Crippen LogP contribution in [0.5, 0.6) is 0 Å². The third-order valence-electron chi connectivity index (χ3n) is 5.09. The minimum atomic E-state index is -0.381. The normalized spacial score (nSPS) is 18.4. The van der Waals surface area contributed by atoms with E-state index in [0.717, 1.165) is 25.0 Å². The van der Waals surface area contributed by atoms with Gasteiger partial charge in [0.2, 0.25) is 11.8 Å². The SMILES string of the molecule is Cc1ccc(NC(=O)CN2C(=O)[C@H]3CCCC3=Nc3ccccc32)cc1F. The lowest BCUT2D eigenvalue weighted by atomic mass is 10.1. The molecular weight excluding hydrogens is 345 g/mol. The van der Waals surface area contributed by atoms with E-state index in [9.17, 15) is 14.0 Å². The van der Waals surface area contributed by atoms with Crippen molar-refractivity contribution in [2.45, 2.75) is 26.2 Å². The molecule has 138 valence electrons. The van der Waals surface area contributed by atoms with E-state index in [1.807, 2.05) is 18.2 Å². The molecule has 0 saturated heterocycles. The number of hydrogen-bond donors (Lipinski definition) is 1. The van der Waals surface area contributed by atoms with Crippen LogP contribution in [-0.4, -0.2) is 24.1 Å². The molecule has 2 amide bonds. The summed E-state index contributed by atoms with van der Waals surface area (Å²) < 4.78 is 13.7. The first-order valence-electron chi connectivity index (χ1n) is 9.07. The van der Waals surface area contributed by atoms with Crippen molar-refractivity contribution in [1.29, 1.82) is 0 Å². The molecule has 0 bridgehead atoms. The molecule has 5 nitrogen and oxygen atoms in total. The first-order valence-corrected chi connectivity index (χ1v) is 9.07. The Morgan fingerprint density at radius 2 is 2.11 bits per heavy atom. The van der Waals surface area contributed by atoms with Crippen LogP contribution in [0.25, 0.3) is 0 Å². The van der Waals surface area contributed by atoms with Crippen LogP contribution in [0.1, 0.15) is 24.8 Å². The average Bonchev–Trinajstić information content (AvgIpc) is 3.07. The van der Waals surface area contributed by atoms with Crippen LogP contribution in [0.2, 0.25) is 0 Å². The molecule has 1 saturated carbocycles. The van der Waals surface area contributed by atoms with Crippen molar-refractivity contribution in [1.82, 2.24) is 0 Å². The molecule has 2 aromatic carbocycles. The van der Waals surface area contributed by atoms with Gasteiger partial charge in [0.05, 0.1) is 17.3 Å². The highest BCUT2D eigenvalue weighted by Crippen LogP contribution is 2.37. The molecule has 4 rings (SSSR count). The lowest BCUT2D eigenvalue weighted by Crippen LogP contribution is -2.41. The lowest BCUT2D eigenvalue weighted by Gasteiger charge is -2.24. The van der Waals surface area contributed by atoms with Crippen molar-refractivity contribution >= 4 is 34.6 Å². The quantitative estimate of drug-likeness (QED) is 0.894. The van der Waals surface area contributed by atoms with Gasteiger partial charge in [0.25, 0.3) is 0 Å². The Morgan fingerprint density at radius 1 is 1.30 bits per heavy atom. The summed E-state index contributed by atoms with van der Waals surface area (Å²) in [5, 5.41) is 2.68. The van der Waals surface area contributed by atoms with E-state index in [-0.39, 0.29) is 30.1 Å². The maximum Gasteiger partial charge on any atom is 0.244 e. The monoisotopic (exact) mass is 365 g/mol. The number of amides is 2. The first kappa shape index (κ1) is 17.4. The Bertz CT molecular complexity index is 954. The van der Waals surface area contributed by atoms with E-state index in [1.54, 1.807) is 25.1 Å². The van der Waals surface area contributed by atoms with E-state index in [4.69, 9.17) is 0 Å². The van der Waals surface area contributed by atoms with Gasteiger partial charge in [0.15, 0.2) is 0 Å². The second kappa shape index (κ2) is 6.95. The molecule has 1 heterocycles. The zero-order valence-electron chi connectivity index (χ0n) is 15.0. The van der Waals surface area contributed by atoms with E-state index >= 15 is 0 Å². The summed E-state index contributed by atoms with van der Waals surface area (Å²) in [6.45, 7) is 1.53. The highest BCUT2D eigenvalue weighted by molar-refractivity contribution is 6.16. The molecular formula is C21H20FN3O2. The zero-order valence-corrected chi connectivity index (χ0v) is 15.0. The van der Waals surface area contributed by atoms with Crippen LogP contribution in [0.15, 0.2) is 47.5 Å². The van der Waals surface area contributed by atoms with E-state index < -0.39 is 0 Å². The van der Waals surface area contributed by atoms with Crippen LogP contribution in [0, 0.1) is 18.7 Å². The van der Waals surface area contributed by atoms with E-state index in [0.29, 0.717) is 22.6 Å². The minimum absolute atomic E-state index is 0.0959. The smallest absolute Gasteiger partial charge is 0.244 e. The number of rotatable bonds is 3.